The fourth-order valence-electron chi connectivity index (χ4n) is 1.90. The largest absolute Gasteiger partial charge is 0.493 e. The number of ether oxygens (including phenoxy) is 2. The molecule has 0 amide bonds. The van der Waals surface area contributed by atoms with Crippen molar-refractivity contribution >= 4 is 15.9 Å². The van der Waals surface area contributed by atoms with Crippen molar-refractivity contribution in [2.24, 2.45) is 0 Å². The lowest BCUT2D eigenvalue weighted by Gasteiger charge is -2.22. The Balaban J connectivity index is 2.65. The van der Waals surface area contributed by atoms with E-state index in [4.69, 9.17) is 9.47 Å². The van der Waals surface area contributed by atoms with Crippen molar-refractivity contribution in [2.45, 2.75) is 25.9 Å². The third kappa shape index (κ3) is 1.80. The van der Waals surface area contributed by atoms with Crippen LogP contribution in [-0.4, -0.2) is 18.8 Å². The Morgan fingerprint density at radius 3 is 2.75 bits per heavy atom. The molecule has 0 fully saturated rings. The van der Waals surface area contributed by atoms with E-state index < -0.39 is 5.60 Å². The quantitative estimate of drug-likeness (QED) is 0.908. The maximum atomic E-state index is 10.1. The highest BCUT2D eigenvalue weighted by Gasteiger charge is 2.28. The first-order valence-corrected chi connectivity index (χ1v) is 5.99. The molecule has 1 aromatic carbocycles. The highest BCUT2D eigenvalue weighted by atomic mass is 79.9. The van der Waals surface area contributed by atoms with Crippen LogP contribution >= 0.6 is 15.9 Å². The van der Waals surface area contributed by atoms with Crippen LogP contribution in [0.25, 0.3) is 0 Å². The summed E-state index contributed by atoms with van der Waals surface area (Å²) in [6.45, 7) is 4.18. The van der Waals surface area contributed by atoms with Gasteiger partial charge in [-0.05, 0) is 35.8 Å². The van der Waals surface area contributed by atoms with Crippen molar-refractivity contribution in [1.82, 2.24) is 0 Å². The molecule has 0 atom stereocenters. The molecule has 0 saturated carbocycles. The van der Waals surface area contributed by atoms with Gasteiger partial charge >= 0.3 is 0 Å². The third-order valence-corrected chi connectivity index (χ3v) is 3.66. The predicted molar refractivity (Wildman–Crippen MR) is 65.1 cm³/mol. The summed E-state index contributed by atoms with van der Waals surface area (Å²) in [7, 11) is 1.61. The third-order valence-electron chi connectivity index (χ3n) is 2.75. The molecule has 88 valence electrons. The zero-order valence-corrected chi connectivity index (χ0v) is 11.2. The van der Waals surface area contributed by atoms with Crippen molar-refractivity contribution < 1.29 is 14.6 Å². The fraction of sp³-hybridized carbons (Fsp3) is 0.500. The molecule has 0 saturated heterocycles. The zero-order valence-electron chi connectivity index (χ0n) is 9.63. The van der Waals surface area contributed by atoms with Gasteiger partial charge in [-0.15, -0.1) is 0 Å². The first-order chi connectivity index (χ1) is 7.45. The maximum Gasteiger partial charge on any atom is 0.165 e. The molecular formula is C12H15BrO3. The van der Waals surface area contributed by atoms with Crippen molar-refractivity contribution in [3.63, 3.8) is 0 Å². The summed E-state index contributed by atoms with van der Waals surface area (Å²) < 4.78 is 11.7. The van der Waals surface area contributed by atoms with E-state index in [1.807, 2.05) is 6.07 Å². The topological polar surface area (TPSA) is 38.7 Å². The molecule has 3 nitrogen and oxygen atoms in total. The van der Waals surface area contributed by atoms with Crippen LogP contribution in [0.1, 0.15) is 25.0 Å². The minimum atomic E-state index is -0.899. The standard InChI is InChI=1S/C12H15BrO3/c1-12(2,14)8-6-9(15-3)11-7(10(8)13)4-5-16-11/h6,14H,4-5H2,1-3H3. The second-order valence-corrected chi connectivity index (χ2v) is 5.20. The van der Waals surface area contributed by atoms with Gasteiger partial charge in [-0.2, -0.15) is 0 Å². The number of methoxy groups -OCH3 is 1. The van der Waals surface area contributed by atoms with Crippen LogP contribution in [-0.2, 0) is 12.0 Å². The monoisotopic (exact) mass is 286 g/mol. The Kier molecular flexibility index (Phi) is 2.88. The van der Waals surface area contributed by atoms with Gasteiger partial charge in [0.05, 0.1) is 19.3 Å². The highest BCUT2D eigenvalue weighted by Crippen LogP contribution is 2.44. The maximum absolute atomic E-state index is 10.1. The van der Waals surface area contributed by atoms with Gasteiger partial charge in [0.15, 0.2) is 11.5 Å². The van der Waals surface area contributed by atoms with Crippen LogP contribution in [0.4, 0.5) is 0 Å². The van der Waals surface area contributed by atoms with Crippen LogP contribution in [0.15, 0.2) is 10.5 Å². The average molecular weight is 287 g/mol. The number of fused-ring (bicyclic) bond motifs is 1. The average Bonchev–Trinajstić information content (AvgIpc) is 2.65. The lowest BCUT2D eigenvalue weighted by atomic mass is 9.95. The molecule has 16 heavy (non-hydrogen) atoms. The second-order valence-electron chi connectivity index (χ2n) is 4.41. The molecule has 2 rings (SSSR count). The van der Waals surface area contributed by atoms with E-state index in [2.05, 4.69) is 15.9 Å². The Morgan fingerprint density at radius 1 is 1.50 bits per heavy atom. The van der Waals surface area contributed by atoms with Crippen molar-refractivity contribution in [1.29, 1.82) is 0 Å². The molecule has 0 aromatic heterocycles. The van der Waals surface area contributed by atoms with Gasteiger partial charge in [-0.1, -0.05) is 0 Å². The highest BCUT2D eigenvalue weighted by molar-refractivity contribution is 9.10. The smallest absolute Gasteiger partial charge is 0.165 e. The predicted octanol–water partition coefficient (Wildman–Crippen LogP) is 2.62. The van der Waals surface area contributed by atoms with E-state index in [0.717, 1.165) is 27.8 Å². The summed E-state index contributed by atoms with van der Waals surface area (Å²) in [5.41, 5.74) is 1.01. The van der Waals surface area contributed by atoms with E-state index in [-0.39, 0.29) is 0 Å². The second kappa shape index (κ2) is 3.93. The molecule has 0 aliphatic carbocycles. The van der Waals surface area contributed by atoms with E-state index in [9.17, 15) is 5.11 Å². The summed E-state index contributed by atoms with van der Waals surface area (Å²) in [6.07, 6.45) is 0.843. The van der Waals surface area contributed by atoms with Gasteiger partial charge in [0.25, 0.3) is 0 Å². The van der Waals surface area contributed by atoms with Gasteiger partial charge in [0.2, 0.25) is 0 Å². The number of hydrogen-bond acceptors (Lipinski definition) is 3. The SMILES string of the molecule is COc1cc(C(C)(C)O)c(Br)c2c1OCC2. The summed E-state index contributed by atoms with van der Waals surface area (Å²) in [5.74, 6) is 1.48. The normalized spacial score (nSPS) is 14.6. The number of halogens is 1. The molecule has 0 radical (unpaired) electrons. The van der Waals surface area contributed by atoms with Gasteiger partial charge in [0, 0.05) is 22.0 Å². The fourth-order valence-corrected chi connectivity index (χ4v) is 2.88. The number of hydrogen-bond donors (Lipinski definition) is 1. The molecule has 1 N–H and O–H groups in total. The molecule has 4 heteroatoms. The van der Waals surface area contributed by atoms with Crippen molar-refractivity contribution in [3.05, 3.63) is 21.7 Å². The van der Waals surface area contributed by atoms with Gasteiger partial charge in [-0.3, -0.25) is 0 Å². The Hall–Kier alpha value is -0.740. The molecule has 1 heterocycles. The summed E-state index contributed by atoms with van der Waals surface area (Å²) in [5, 5.41) is 10.1. The lowest BCUT2D eigenvalue weighted by Crippen LogP contribution is -2.17. The molecule has 0 bridgehead atoms. The summed E-state index contributed by atoms with van der Waals surface area (Å²) in [4.78, 5) is 0. The Morgan fingerprint density at radius 2 is 2.19 bits per heavy atom. The lowest BCUT2D eigenvalue weighted by molar-refractivity contribution is 0.0774. The minimum Gasteiger partial charge on any atom is -0.493 e. The number of aliphatic hydroxyl groups is 1. The first kappa shape index (κ1) is 11.7. The van der Waals surface area contributed by atoms with Crippen LogP contribution in [0, 0.1) is 0 Å². The zero-order chi connectivity index (χ0) is 11.9. The van der Waals surface area contributed by atoms with E-state index in [1.54, 1.807) is 21.0 Å². The van der Waals surface area contributed by atoms with Gasteiger partial charge in [0.1, 0.15) is 0 Å². The molecule has 1 aromatic rings. The molecule has 1 aliphatic heterocycles. The van der Waals surface area contributed by atoms with Crippen molar-refractivity contribution in [2.75, 3.05) is 13.7 Å². The number of rotatable bonds is 2. The van der Waals surface area contributed by atoms with Crippen LogP contribution in [0.5, 0.6) is 11.5 Å². The minimum absolute atomic E-state index is 0.666. The molecule has 0 unspecified atom stereocenters. The molecule has 1 aliphatic rings. The summed E-state index contributed by atoms with van der Waals surface area (Å²) >= 11 is 3.54. The van der Waals surface area contributed by atoms with Gasteiger partial charge in [-0.25, -0.2) is 0 Å². The van der Waals surface area contributed by atoms with Crippen LogP contribution in [0.2, 0.25) is 0 Å². The van der Waals surface area contributed by atoms with Crippen molar-refractivity contribution in [3.8, 4) is 11.5 Å². The van der Waals surface area contributed by atoms with Crippen LogP contribution < -0.4 is 9.47 Å². The summed E-state index contributed by atoms with van der Waals surface area (Å²) in [6, 6.07) is 1.83. The van der Waals surface area contributed by atoms with Gasteiger partial charge < -0.3 is 14.6 Å². The van der Waals surface area contributed by atoms with E-state index >= 15 is 0 Å². The first-order valence-electron chi connectivity index (χ1n) is 5.20. The van der Waals surface area contributed by atoms with E-state index in [0.29, 0.717) is 12.4 Å². The Bertz CT molecular complexity index is 421. The molecule has 0 spiro atoms. The van der Waals surface area contributed by atoms with E-state index in [1.165, 1.54) is 0 Å². The number of benzene rings is 1. The van der Waals surface area contributed by atoms with Crippen LogP contribution in [0.3, 0.4) is 0 Å². The Labute approximate surface area is 104 Å². The molecular weight excluding hydrogens is 272 g/mol.